The van der Waals surface area contributed by atoms with Crippen molar-refractivity contribution in [2.75, 3.05) is 6.61 Å². The van der Waals surface area contributed by atoms with Gasteiger partial charge in [0.05, 0.1) is 12.2 Å². The van der Waals surface area contributed by atoms with Gasteiger partial charge in [-0.15, -0.1) is 0 Å². The molecule has 4 nitrogen and oxygen atoms in total. The quantitative estimate of drug-likeness (QED) is 0.715. The van der Waals surface area contributed by atoms with E-state index in [1.807, 2.05) is 0 Å². The first-order valence-electron chi connectivity index (χ1n) is 10.3. The van der Waals surface area contributed by atoms with Gasteiger partial charge in [0.25, 0.3) is 0 Å². The van der Waals surface area contributed by atoms with Gasteiger partial charge in [-0.3, -0.25) is 4.79 Å². The fourth-order valence-corrected chi connectivity index (χ4v) is 8.00. The molecule has 0 aliphatic heterocycles. The highest BCUT2D eigenvalue weighted by Gasteiger charge is 2.63. The lowest BCUT2D eigenvalue weighted by Crippen LogP contribution is -2.59. The van der Waals surface area contributed by atoms with Crippen molar-refractivity contribution in [2.45, 2.75) is 77.4 Å². The predicted molar refractivity (Wildman–Crippen MR) is 94.7 cm³/mol. The number of aliphatic hydroxyl groups excluding tert-OH is 3. The third kappa shape index (κ3) is 2.47. The molecule has 4 heteroatoms. The lowest BCUT2D eigenvalue weighted by Gasteiger charge is -2.62. The van der Waals surface area contributed by atoms with Gasteiger partial charge in [-0.2, -0.15) is 0 Å². The standard InChI is InChI=1S/C21H34O4/c1-20-8-7-13(23)9-12(20)3-4-14-15-5-6-16(18(25)11-22)21(15,2)10-17(24)19(14)20/h12-17,19,22-24H,3-11H2,1-2H3/t12-,13+,14-,15-,16+,17?,19+,20-,21-/m0/s1. The third-order valence-electron chi connectivity index (χ3n) is 9.11. The van der Waals surface area contributed by atoms with Gasteiger partial charge >= 0.3 is 0 Å². The van der Waals surface area contributed by atoms with Crippen LogP contribution in [-0.2, 0) is 4.79 Å². The summed E-state index contributed by atoms with van der Waals surface area (Å²) in [6, 6.07) is 0. The summed E-state index contributed by atoms with van der Waals surface area (Å²) in [5, 5.41) is 30.7. The Bertz CT molecular complexity index is 548. The number of carbonyl (C=O) groups excluding carboxylic acids is 1. The number of hydrogen-bond acceptors (Lipinski definition) is 4. The molecule has 0 radical (unpaired) electrons. The average Bonchev–Trinajstić information content (AvgIpc) is 2.91. The normalized spacial score (nSPS) is 55.2. The maximum absolute atomic E-state index is 12.3. The molecule has 9 atom stereocenters. The molecule has 0 heterocycles. The summed E-state index contributed by atoms with van der Waals surface area (Å²) in [7, 11) is 0. The molecule has 0 aromatic rings. The molecule has 4 rings (SSSR count). The van der Waals surface area contributed by atoms with Gasteiger partial charge in [0, 0.05) is 5.92 Å². The first kappa shape index (κ1) is 17.9. The van der Waals surface area contributed by atoms with Crippen LogP contribution in [0.3, 0.4) is 0 Å². The zero-order valence-electron chi connectivity index (χ0n) is 15.7. The SMILES string of the molecule is C[C@]12CC[C@@H](O)C[C@@H]1CC[C@H]1[C@@H]3CC[C@H](C(=O)CO)[C@@]3(C)CC(O)[C@@H]12. The second kappa shape index (κ2) is 6.03. The summed E-state index contributed by atoms with van der Waals surface area (Å²) in [4.78, 5) is 12.3. The maximum Gasteiger partial charge on any atom is 0.161 e. The molecule has 0 saturated heterocycles. The number of rotatable bonds is 2. The summed E-state index contributed by atoms with van der Waals surface area (Å²) >= 11 is 0. The lowest BCUT2D eigenvalue weighted by atomic mass is 9.44. The molecule has 4 aliphatic rings. The molecule has 0 amide bonds. The molecule has 0 aromatic heterocycles. The van der Waals surface area contributed by atoms with Crippen molar-refractivity contribution in [2.24, 2.45) is 40.4 Å². The second-order valence-corrected chi connectivity index (χ2v) is 10.0. The Morgan fingerprint density at radius 1 is 1.04 bits per heavy atom. The van der Waals surface area contributed by atoms with Crippen LogP contribution in [0.25, 0.3) is 0 Å². The molecule has 4 fully saturated rings. The van der Waals surface area contributed by atoms with Crippen LogP contribution in [-0.4, -0.2) is 39.9 Å². The van der Waals surface area contributed by atoms with E-state index >= 15 is 0 Å². The summed E-state index contributed by atoms with van der Waals surface area (Å²) in [5.74, 6) is 1.69. The molecular formula is C21H34O4. The van der Waals surface area contributed by atoms with Gasteiger partial charge in [0.2, 0.25) is 0 Å². The van der Waals surface area contributed by atoms with Crippen LogP contribution in [0.5, 0.6) is 0 Å². The zero-order chi connectivity index (χ0) is 18.0. The van der Waals surface area contributed by atoms with Crippen LogP contribution in [0.2, 0.25) is 0 Å². The number of fused-ring (bicyclic) bond motifs is 5. The first-order valence-corrected chi connectivity index (χ1v) is 10.3. The molecular weight excluding hydrogens is 316 g/mol. The van der Waals surface area contributed by atoms with Crippen molar-refractivity contribution < 1.29 is 20.1 Å². The van der Waals surface area contributed by atoms with Crippen molar-refractivity contribution >= 4 is 5.78 Å². The van der Waals surface area contributed by atoms with Gasteiger partial charge in [-0.05, 0) is 85.9 Å². The Morgan fingerprint density at radius 2 is 1.80 bits per heavy atom. The van der Waals surface area contributed by atoms with Gasteiger partial charge in [0.1, 0.15) is 6.61 Å². The molecule has 4 saturated carbocycles. The smallest absolute Gasteiger partial charge is 0.161 e. The van der Waals surface area contributed by atoms with Crippen LogP contribution < -0.4 is 0 Å². The number of carbonyl (C=O) groups is 1. The predicted octanol–water partition coefficient (Wildman–Crippen LogP) is 2.54. The summed E-state index contributed by atoms with van der Waals surface area (Å²) in [6.45, 7) is 4.19. The second-order valence-electron chi connectivity index (χ2n) is 10.0. The van der Waals surface area contributed by atoms with E-state index in [4.69, 9.17) is 0 Å². The minimum atomic E-state index is -0.366. The third-order valence-corrected chi connectivity index (χ3v) is 9.11. The zero-order valence-corrected chi connectivity index (χ0v) is 15.7. The molecule has 0 spiro atoms. The van der Waals surface area contributed by atoms with Crippen molar-refractivity contribution in [3.63, 3.8) is 0 Å². The lowest BCUT2D eigenvalue weighted by molar-refractivity contribution is -0.179. The van der Waals surface area contributed by atoms with Gasteiger partial charge in [-0.25, -0.2) is 0 Å². The topological polar surface area (TPSA) is 77.8 Å². The van der Waals surface area contributed by atoms with Crippen LogP contribution in [0.4, 0.5) is 0 Å². The van der Waals surface area contributed by atoms with E-state index in [0.717, 1.165) is 44.9 Å². The molecule has 142 valence electrons. The molecule has 3 N–H and O–H groups in total. The Morgan fingerprint density at radius 3 is 2.52 bits per heavy atom. The minimum Gasteiger partial charge on any atom is -0.393 e. The average molecular weight is 350 g/mol. The highest BCUT2D eigenvalue weighted by molar-refractivity contribution is 5.83. The largest absolute Gasteiger partial charge is 0.393 e. The number of ketones is 1. The molecule has 0 bridgehead atoms. The van der Waals surface area contributed by atoms with Gasteiger partial charge in [-0.1, -0.05) is 13.8 Å². The van der Waals surface area contributed by atoms with Crippen LogP contribution >= 0.6 is 0 Å². The molecule has 4 aliphatic carbocycles. The van der Waals surface area contributed by atoms with Gasteiger partial charge in [0.15, 0.2) is 5.78 Å². The Kier molecular flexibility index (Phi) is 4.33. The summed E-state index contributed by atoms with van der Waals surface area (Å²) < 4.78 is 0. The van der Waals surface area contributed by atoms with Gasteiger partial charge < -0.3 is 15.3 Å². The fourth-order valence-electron chi connectivity index (χ4n) is 8.00. The monoisotopic (exact) mass is 350 g/mol. The van der Waals surface area contributed by atoms with E-state index < -0.39 is 0 Å². The van der Waals surface area contributed by atoms with Crippen molar-refractivity contribution in [3.8, 4) is 0 Å². The Hall–Kier alpha value is -0.450. The first-order chi connectivity index (χ1) is 11.8. The van der Waals surface area contributed by atoms with Crippen molar-refractivity contribution in [1.29, 1.82) is 0 Å². The highest BCUT2D eigenvalue weighted by atomic mass is 16.3. The van der Waals surface area contributed by atoms with E-state index in [2.05, 4.69) is 13.8 Å². The number of hydrogen-bond donors (Lipinski definition) is 3. The Balaban J connectivity index is 1.65. The number of aliphatic hydroxyl groups is 3. The Labute approximate surface area is 151 Å². The maximum atomic E-state index is 12.3. The van der Waals surface area contributed by atoms with E-state index in [9.17, 15) is 20.1 Å². The molecule has 25 heavy (non-hydrogen) atoms. The fraction of sp³-hybridized carbons (Fsp3) is 0.952. The van der Waals surface area contributed by atoms with E-state index in [-0.39, 0.29) is 41.3 Å². The highest BCUT2D eigenvalue weighted by Crippen LogP contribution is 2.67. The van der Waals surface area contributed by atoms with E-state index in [1.54, 1.807) is 0 Å². The molecule has 1 unspecified atom stereocenters. The van der Waals surface area contributed by atoms with Crippen LogP contribution in [0, 0.1) is 40.4 Å². The molecule has 0 aromatic carbocycles. The number of Topliss-reactive ketones (excluding diaryl/α,β-unsaturated/α-hetero) is 1. The van der Waals surface area contributed by atoms with E-state index in [0.29, 0.717) is 30.1 Å². The van der Waals surface area contributed by atoms with Crippen LogP contribution in [0.1, 0.15) is 65.2 Å². The summed E-state index contributed by atoms with van der Waals surface area (Å²) in [5.41, 5.74) is -0.0280. The van der Waals surface area contributed by atoms with Crippen molar-refractivity contribution in [3.05, 3.63) is 0 Å². The van der Waals surface area contributed by atoms with E-state index in [1.165, 1.54) is 0 Å². The summed E-state index contributed by atoms with van der Waals surface area (Å²) in [6.07, 6.45) is 7.12. The van der Waals surface area contributed by atoms with Crippen molar-refractivity contribution in [1.82, 2.24) is 0 Å². The minimum absolute atomic E-state index is 0.0312. The van der Waals surface area contributed by atoms with Crippen LogP contribution in [0.15, 0.2) is 0 Å².